The van der Waals surface area contributed by atoms with Crippen molar-refractivity contribution < 1.29 is 14.3 Å². The van der Waals surface area contributed by atoms with Gasteiger partial charge in [0.05, 0.1) is 6.54 Å². The minimum absolute atomic E-state index is 0.154. The van der Waals surface area contributed by atoms with Crippen molar-refractivity contribution in [2.75, 3.05) is 37.5 Å². The second-order valence-corrected chi connectivity index (χ2v) is 7.94. The number of urea groups is 1. The van der Waals surface area contributed by atoms with Crippen molar-refractivity contribution in [2.45, 2.75) is 0 Å². The van der Waals surface area contributed by atoms with Crippen LogP contribution < -0.4 is 15.0 Å². The van der Waals surface area contributed by atoms with Crippen LogP contribution in [0.15, 0.2) is 72.8 Å². The summed E-state index contributed by atoms with van der Waals surface area (Å²) in [6.45, 7) is 0.757. The van der Waals surface area contributed by atoms with Crippen LogP contribution in [0.25, 0.3) is 0 Å². The van der Waals surface area contributed by atoms with Gasteiger partial charge in [0.15, 0.2) is 0 Å². The summed E-state index contributed by atoms with van der Waals surface area (Å²) in [6, 6.07) is 20.5. The van der Waals surface area contributed by atoms with Crippen molar-refractivity contribution in [3.8, 4) is 5.75 Å². The number of carbonyl (C=O) groups is 2. The lowest BCUT2D eigenvalue weighted by Crippen LogP contribution is -2.34. The molecule has 0 spiro atoms. The highest BCUT2D eigenvalue weighted by Gasteiger charge is 2.14. The van der Waals surface area contributed by atoms with Crippen LogP contribution in [-0.2, 0) is 0 Å². The smallest absolute Gasteiger partial charge is 0.321 e. The van der Waals surface area contributed by atoms with E-state index in [9.17, 15) is 9.59 Å². The van der Waals surface area contributed by atoms with Gasteiger partial charge in [-0.1, -0.05) is 23.2 Å². The Kier molecular flexibility index (Phi) is 7.98. The first-order valence-electron chi connectivity index (χ1n) is 9.87. The number of amides is 3. The summed E-state index contributed by atoms with van der Waals surface area (Å²) >= 11 is 11.7. The third-order valence-corrected chi connectivity index (χ3v) is 5.26. The molecule has 0 aliphatic heterocycles. The summed E-state index contributed by atoms with van der Waals surface area (Å²) in [5, 5.41) is 4.04. The van der Waals surface area contributed by atoms with Gasteiger partial charge in [-0.3, -0.25) is 4.79 Å². The Hall–Kier alpha value is -3.22. The molecule has 3 aromatic rings. The second-order valence-electron chi connectivity index (χ2n) is 7.07. The summed E-state index contributed by atoms with van der Waals surface area (Å²) in [4.78, 5) is 28.1. The molecule has 3 aromatic carbocycles. The SMILES string of the molecule is CN(CCOc1ccc(Cl)cc1)C(=O)Nc1ccc(N(C)C(=O)c2ccc(Cl)cc2)cc1. The molecule has 6 nitrogen and oxygen atoms in total. The van der Waals surface area contributed by atoms with Crippen molar-refractivity contribution in [1.29, 1.82) is 0 Å². The fourth-order valence-corrected chi connectivity index (χ4v) is 3.08. The third-order valence-electron chi connectivity index (χ3n) is 4.76. The second kappa shape index (κ2) is 10.9. The summed E-state index contributed by atoms with van der Waals surface area (Å²) < 4.78 is 5.61. The largest absolute Gasteiger partial charge is 0.492 e. The number of ether oxygens (including phenoxy) is 1. The molecule has 0 atom stereocenters. The predicted octanol–water partition coefficient (Wildman–Crippen LogP) is 5.81. The van der Waals surface area contributed by atoms with Crippen LogP contribution in [0.5, 0.6) is 5.75 Å². The maximum Gasteiger partial charge on any atom is 0.321 e. The van der Waals surface area contributed by atoms with Crippen LogP contribution in [0.4, 0.5) is 16.2 Å². The third kappa shape index (κ3) is 6.39. The maximum absolute atomic E-state index is 12.6. The molecular weight excluding hydrogens is 449 g/mol. The number of hydrogen-bond acceptors (Lipinski definition) is 3. The Morgan fingerprint density at radius 2 is 1.41 bits per heavy atom. The number of likely N-dealkylation sites (N-methyl/N-ethyl adjacent to an activating group) is 1. The first-order chi connectivity index (χ1) is 15.3. The van der Waals surface area contributed by atoms with E-state index in [0.29, 0.717) is 45.9 Å². The number of nitrogens with one attached hydrogen (secondary N) is 1. The Labute approximate surface area is 197 Å². The van der Waals surface area contributed by atoms with Gasteiger partial charge in [0.2, 0.25) is 0 Å². The zero-order chi connectivity index (χ0) is 23.1. The first-order valence-corrected chi connectivity index (χ1v) is 10.6. The minimum Gasteiger partial charge on any atom is -0.492 e. The van der Waals surface area contributed by atoms with Crippen molar-refractivity contribution in [1.82, 2.24) is 4.90 Å². The highest BCUT2D eigenvalue weighted by molar-refractivity contribution is 6.31. The molecular formula is C24H23Cl2N3O3. The van der Waals surface area contributed by atoms with Gasteiger partial charge >= 0.3 is 6.03 Å². The molecule has 0 aromatic heterocycles. The molecule has 32 heavy (non-hydrogen) atoms. The van der Waals surface area contributed by atoms with E-state index in [4.69, 9.17) is 27.9 Å². The molecule has 0 saturated heterocycles. The molecule has 0 radical (unpaired) electrons. The average molecular weight is 472 g/mol. The van der Waals surface area contributed by atoms with Gasteiger partial charge in [0, 0.05) is 41.1 Å². The molecule has 3 amide bonds. The van der Waals surface area contributed by atoms with E-state index in [1.807, 2.05) is 0 Å². The Balaban J connectivity index is 1.50. The molecule has 0 saturated carbocycles. The zero-order valence-corrected chi connectivity index (χ0v) is 19.2. The highest BCUT2D eigenvalue weighted by Crippen LogP contribution is 2.20. The van der Waals surface area contributed by atoms with E-state index in [2.05, 4.69) is 5.32 Å². The number of nitrogens with zero attached hydrogens (tertiary/aromatic N) is 2. The number of halogens is 2. The van der Waals surface area contributed by atoms with Gasteiger partial charge < -0.3 is 19.9 Å². The molecule has 0 unspecified atom stereocenters. The van der Waals surface area contributed by atoms with E-state index in [0.717, 1.165) is 0 Å². The van der Waals surface area contributed by atoms with Crippen LogP contribution in [0, 0.1) is 0 Å². The fraction of sp³-hybridized carbons (Fsp3) is 0.167. The van der Waals surface area contributed by atoms with Crippen molar-refractivity contribution in [3.63, 3.8) is 0 Å². The minimum atomic E-state index is -0.261. The molecule has 0 fully saturated rings. The summed E-state index contributed by atoms with van der Waals surface area (Å²) in [7, 11) is 3.38. The monoisotopic (exact) mass is 471 g/mol. The van der Waals surface area contributed by atoms with Crippen LogP contribution in [0.3, 0.4) is 0 Å². The lowest BCUT2D eigenvalue weighted by atomic mass is 10.2. The Bertz CT molecular complexity index is 1060. The molecule has 3 rings (SSSR count). The molecule has 8 heteroatoms. The van der Waals surface area contributed by atoms with Crippen LogP contribution in [0.2, 0.25) is 10.0 Å². The average Bonchev–Trinajstić information content (AvgIpc) is 2.80. The van der Waals surface area contributed by atoms with Gasteiger partial charge in [-0.05, 0) is 72.8 Å². The van der Waals surface area contributed by atoms with E-state index in [1.54, 1.807) is 86.9 Å². The van der Waals surface area contributed by atoms with E-state index in [1.165, 1.54) is 9.80 Å². The fourth-order valence-electron chi connectivity index (χ4n) is 2.82. The van der Waals surface area contributed by atoms with E-state index >= 15 is 0 Å². The molecule has 0 aliphatic rings. The summed E-state index contributed by atoms with van der Waals surface area (Å²) in [6.07, 6.45) is 0. The lowest BCUT2D eigenvalue weighted by molar-refractivity contribution is 0.0993. The predicted molar refractivity (Wildman–Crippen MR) is 129 cm³/mol. The van der Waals surface area contributed by atoms with Gasteiger partial charge in [-0.25, -0.2) is 4.79 Å². The van der Waals surface area contributed by atoms with Gasteiger partial charge in [0.1, 0.15) is 12.4 Å². The molecule has 0 bridgehead atoms. The van der Waals surface area contributed by atoms with E-state index in [-0.39, 0.29) is 11.9 Å². The topological polar surface area (TPSA) is 61.9 Å². The van der Waals surface area contributed by atoms with Crippen molar-refractivity contribution >= 4 is 46.5 Å². The lowest BCUT2D eigenvalue weighted by Gasteiger charge is -2.20. The number of benzene rings is 3. The molecule has 1 N–H and O–H groups in total. The van der Waals surface area contributed by atoms with E-state index < -0.39 is 0 Å². The first kappa shape index (κ1) is 23.4. The van der Waals surface area contributed by atoms with Gasteiger partial charge in [-0.15, -0.1) is 0 Å². The molecule has 0 aliphatic carbocycles. The normalized spacial score (nSPS) is 10.4. The zero-order valence-electron chi connectivity index (χ0n) is 17.7. The van der Waals surface area contributed by atoms with Crippen LogP contribution >= 0.6 is 23.2 Å². The van der Waals surface area contributed by atoms with Gasteiger partial charge in [-0.2, -0.15) is 0 Å². The summed E-state index contributed by atoms with van der Waals surface area (Å²) in [5.41, 5.74) is 1.86. The number of carbonyl (C=O) groups excluding carboxylic acids is 2. The van der Waals surface area contributed by atoms with Crippen LogP contribution in [-0.4, -0.2) is 44.1 Å². The standard InChI is InChI=1S/C24H23Cl2N3O3/c1-28(15-16-32-22-13-7-19(26)8-14-22)24(31)27-20-9-11-21(12-10-20)29(2)23(30)17-3-5-18(25)6-4-17/h3-14H,15-16H2,1-2H3,(H,27,31). The number of hydrogen-bond donors (Lipinski definition) is 1. The quantitative estimate of drug-likeness (QED) is 0.472. The van der Waals surface area contributed by atoms with Crippen molar-refractivity contribution in [3.05, 3.63) is 88.4 Å². The van der Waals surface area contributed by atoms with Crippen molar-refractivity contribution in [2.24, 2.45) is 0 Å². The highest BCUT2D eigenvalue weighted by atomic mass is 35.5. The molecule has 166 valence electrons. The van der Waals surface area contributed by atoms with Gasteiger partial charge in [0.25, 0.3) is 5.91 Å². The Morgan fingerprint density at radius 1 is 0.844 bits per heavy atom. The summed E-state index contributed by atoms with van der Waals surface area (Å²) in [5.74, 6) is 0.537. The van der Waals surface area contributed by atoms with Crippen LogP contribution in [0.1, 0.15) is 10.4 Å². The molecule has 0 heterocycles. The maximum atomic E-state index is 12.6. The number of rotatable bonds is 7. The number of anilines is 2. The Morgan fingerprint density at radius 3 is 2.00 bits per heavy atom.